The molecular formula is C22H21N3O3S. The second-order valence-electron chi connectivity index (χ2n) is 6.93. The van der Waals surface area contributed by atoms with Gasteiger partial charge in [-0.25, -0.2) is 4.98 Å². The summed E-state index contributed by atoms with van der Waals surface area (Å²) >= 11 is 1.56. The van der Waals surface area contributed by atoms with Crippen LogP contribution in [-0.2, 0) is 6.61 Å². The van der Waals surface area contributed by atoms with E-state index in [0.29, 0.717) is 29.2 Å². The van der Waals surface area contributed by atoms with Crippen molar-refractivity contribution in [2.24, 2.45) is 0 Å². The van der Waals surface area contributed by atoms with Gasteiger partial charge in [-0.15, -0.1) is 11.3 Å². The Morgan fingerprint density at radius 3 is 2.72 bits per heavy atom. The highest BCUT2D eigenvalue weighted by Gasteiger charge is 2.24. The minimum atomic E-state index is -0.296. The van der Waals surface area contributed by atoms with E-state index in [9.17, 15) is 9.59 Å². The van der Waals surface area contributed by atoms with Crippen LogP contribution >= 0.6 is 11.3 Å². The van der Waals surface area contributed by atoms with Gasteiger partial charge < -0.3 is 15.4 Å². The van der Waals surface area contributed by atoms with E-state index in [4.69, 9.17) is 4.74 Å². The van der Waals surface area contributed by atoms with Gasteiger partial charge in [0.25, 0.3) is 11.8 Å². The Morgan fingerprint density at radius 2 is 1.97 bits per heavy atom. The van der Waals surface area contributed by atoms with Crippen molar-refractivity contribution in [3.8, 4) is 5.75 Å². The Labute approximate surface area is 172 Å². The molecule has 2 aromatic carbocycles. The first-order chi connectivity index (χ1) is 14.1. The lowest BCUT2D eigenvalue weighted by molar-refractivity contribution is 0.0949. The number of amides is 2. The number of rotatable bonds is 7. The molecule has 148 valence electrons. The van der Waals surface area contributed by atoms with E-state index in [1.807, 2.05) is 18.4 Å². The molecule has 3 aromatic rings. The van der Waals surface area contributed by atoms with E-state index in [0.717, 1.165) is 23.5 Å². The number of hydrogen-bond donors (Lipinski definition) is 2. The van der Waals surface area contributed by atoms with Crippen molar-refractivity contribution in [1.29, 1.82) is 0 Å². The van der Waals surface area contributed by atoms with Crippen LogP contribution in [0.4, 0.5) is 5.69 Å². The van der Waals surface area contributed by atoms with Crippen LogP contribution in [-0.4, -0.2) is 22.8 Å². The van der Waals surface area contributed by atoms with Gasteiger partial charge in [0, 0.05) is 22.7 Å². The molecule has 1 aromatic heterocycles. The number of nitrogens with zero attached hydrogens (tertiary/aromatic N) is 1. The average Bonchev–Trinajstić information content (AvgIpc) is 3.44. The maximum Gasteiger partial charge on any atom is 0.259 e. The highest BCUT2D eigenvalue weighted by Crippen LogP contribution is 2.23. The van der Waals surface area contributed by atoms with Gasteiger partial charge in [-0.2, -0.15) is 0 Å². The summed E-state index contributed by atoms with van der Waals surface area (Å²) in [6, 6.07) is 14.3. The monoisotopic (exact) mass is 407 g/mol. The SMILES string of the molecule is Cc1nc(COc2ccccc2C(=O)Nc2cccc(C(=O)NC3CC3)c2)cs1. The van der Waals surface area contributed by atoms with Gasteiger partial charge in [-0.3, -0.25) is 9.59 Å². The molecule has 0 radical (unpaired) electrons. The zero-order valence-electron chi connectivity index (χ0n) is 16.0. The Bertz CT molecular complexity index is 1040. The number of aromatic nitrogens is 1. The van der Waals surface area contributed by atoms with Crippen molar-refractivity contribution < 1.29 is 14.3 Å². The summed E-state index contributed by atoms with van der Waals surface area (Å²) in [7, 11) is 0. The maximum atomic E-state index is 12.8. The Morgan fingerprint density at radius 1 is 1.14 bits per heavy atom. The number of anilines is 1. The molecule has 6 nitrogen and oxygen atoms in total. The van der Waals surface area contributed by atoms with Crippen molar-refractivity contribution in [2.45, 2.75) is 32.4 Å². The number of carbonyl (C=O) groups excluding carboxylic acids is 2. The van der Waals surface area contributed by atoms with Gasteiger partial charge in [0.1, 0.15) is 12.4 Å². The maximum absolute atomic E-state index is 12.8. The molecule has 7 heteroatoms. The van der Waals surface area contributed by atoms with Gasteiger partial charge in [-0.05, 0) is 50.1 Å². The molecule has 0 bridgehead atoms. The molecule has 2 amide bonds. The predicted molar refractivity (Wildman–Crippen MR) is 113 cm³/mol. The van der Waals surface area contributed by atoms with E-state index in [2.05, 4.69) is 15.6 Å². The minimum absolute atomic E-state index is 0.120. The van der Waals surface area contributed by atoms with E-state index < -0.39 is 0 Å². The molecule has 2 N–H and O–H groups in total. The second kappa shape index (κ2) is 8.45. The fourth-order valence-electron chi connectivity index (χ4n) is 2.84. The van der Waals surface area contributed by atoms with Crippen molar-refractivity contribution in [1.82, 2.24) is 10.3 Å². The van der Waals surface area contributed by atoms with Crippen LogP contribution < -0.4 is 15.4 Å². The highest BCUT2D eigenvalue weighted by molar-refractivity contribution is 7.09. The summed E-state index contributed by atoms with van der Waals surface area (Å²) in [4.78, 5) is 29.4. The molecule has 1 heterocycles. The predicted octanol–water partition coefficient (Wildman–Crippen LogP) is 4.18. The summed E-state index contributed by atoms with van der Waals surface area (Å²) in [6.45, 7) is 2.24. The zero-order valence-corrected chi connectivity index (χ0v) is 16.8. The summed E-state index contributed by atoms with van der Waals surface area (Å²) in [5.41, 5.74) is 2.34. The smallest absolute Gasteiger partial charge is 0.259 e. The molecule has 1 aliphatic rings. The fourth-order valence-corrected chi connectivity index (χ4v) is 3.44. The molecule has 0 spiro atoms. The molecule has 29 heavy (non-hydrogen) atoms. The molecule has 1 fully saturated rings. The Balaban J connectivity index is 1.45. The van der Waals surface area contributed by atoms with Crippen LogP contribution in [0.2, 0.25) is 0 Å². The summed E-state index contributed by atoms with van der Waals surface area (Å²) in [5, 5.41) is 8.71. The van der Waals surface area contributed by atoms with Crippen LogP contribution in [0.25, 0.3) is 0 Å². The van der Waals surface area contributed by atoms with Crippen LogP contribution in [0.3, 0.4) is 0 Å². The third-order valence-corrected chi connectivity index (χ3v) is 5.29. The lowest BCUT2D eigenvalue weighted by atomic mass is 10.1. The second-order valence-corrected chi connectivity index (χ2v) is 7.99. The molecular weight excluding hydrogens is 386 g/mol. The standard InChI is InChI=1S/C22H21N3O3S/c1-14-23-18(13-29-14)12-28-20-8-3-2-7-19(20)22(27)25-17-6-4-5-15(11-17)21(26)24-16-9-10-16/h2-8,11,13,16H,9-10,12H2,1H3,(H,24,26)(H,25,27). The molecule has 1 saturated carbocycles. The number of benzene rings is 2. The van der Waals surface area contributed by atoms with Gasteiger partial charge in [0.15, 0.2) is 0 Å². The van der Waals surface area contributed by atoms with Gasteiger partial charge in [0.05, 0.1) is 16.3 Å². The first kappa shape index (κ1) is 19.1. The molecule has 0 saturated heterocycles. The molecule has 1 aliphatic carbocycles. The van der Waals surface area contributed by atoms with Crippen molar-refractivity contribution >= 4 is 28.8 Å². The van der Waals surface area contributed by atoms with Crippen LogP contribution in [0, 0.1) is 6.92 Å². The Hall–Kier alpha value is -3.19. The summed E-state index contributed by atoms with van der Waals surface area (Å²) in [5.74, 6) is 0.0685. The first-order valence-electron chi connectivity index (χ1n) is 9.43. The molecule has 0 aliphatic heterocycles. The van der Waals surface area contributed by atoms with Crippen molar-refractivity contribution in [3.63, 3.8) is 0 Å². The number of para-hydroxylation sites is 1. The average molecular weight is 407 g/mol. The van der Waals surface area contributed by atoms with Crippen molar-refractivity contribution in [2.75, 3.05) is 5.32 Å². The minimum Gasteiger partial charge on any atom is -0.486 e. The first-order valence-corrected chi connectivity index (χ1v) is 10.3. The molecule has 0 atom stereocenters. The lowest BCUT2D eigenvalue weighted by Crippen LogP contribution is -2.25. The van der Waals surface area contributed by atoms with E-state index in [1.54, 1.807) is 53.8 Å². The van der Waals surface area contributed by atoms with E-state index in [1.165, 1.54) is 0 Å². The molecule has 4 rings (SSSR count). The van der Waals surface area contributed by atoms with E-state index >= 15 is 0 Å². The summed E-state index contributed by atoms with van der Waals surface area (Å²) in [6.07, 6.45) is 2.05. The molecule has 0 unspecified atom stereocenters. The number of thiazole rings is 1. The van der Waals surface area contributed by atoms with Crippen LogP contribution in [0.5, 0.6) is 5.75 Å². The number of hydrogen-bond acceptors (Lipinski definition) is 5. The lowest BCUT2D eigenvalue weighted by Gasteiger charge is -2.12. The van der Waals surface area contributed by atoms with Crippen LogP contribution in [0.15, 0.2) is 53.9 Å². The van der Waals surface area contributed by atoms with E-state index in [-0.39, 0.29) is 17.9 Å². The largest absolute Gasteiger partial charge is 0.486 e. The van der Waals surface area contributed by atoms with Gasteiger partial charge in [-0.1, -0.05) is 18.2 Å². The quantitative estimate of drug-likeness (QED) is 0.616. The number of ether oxygens (including phenoxy) is 1. The number of aryl methyl sites for hydroxylation is 1. The third-order valence-electron chi connectivity index (χ3n) is 4.47. The van der Waals surface area contributed by atoms with Gasteiger partial charge in [0.2, 0.25) is 0 Å². The summed E-state index contributed by atoms with van der Waals surface area (Å²) < 4.78 is 5.83. The van der Waals surface area contributed by atoms with Crippen LogP contribution in [0.1, 0.15) is 44.3 Å². The van der Waals surface area contributed by atoms with Crippen molar-refractivity contribution in [3.05, 3.63) is 75.7 Å². The zero-order chi connectivity index (χ0) is 20.2. The Kier molecular flexibility index (Phi) is 5.57. The number of nitrogens with one attached hydrogen (secondary N) is 2. The fraction of sp³-hybridized carbons (Fsp3) is 0.227. The number of carbonyl (C=O) groups is 2. The normalized spacial score (nSPS) is 13.0. The topological polar surface area (TPSA) is 80.3 Å². The van der Waals surface area contributed by atoms with Gasteiger partial charge >= 0.3 is 0 Å². The third kappa shape index (κ3) is 5.00. The highest BCUT2D eigenvalue weighted by atomic mass is 32.1.